The first-order chi connectivity index (χ1) is 6.72. The Bertz CT molecular complexity index is 525. The minimum Gasteiger partial charge on any atom is -0.508 e. The summed E-state index contributed by atoms with van der Waals surface area (Å²) in [6, 6.07) is 5.44. The number of nitrogens with zero attached hydrogens (tertiary/aromatic N) is 1. The van der Waals surface area contributed by atoms with Crippen LogP contribution in [-0.2, 0) is 6.42 Å². The first-order valence-corrected chi connectivity index (χ1v) is 4.96. The van der Waals surface area contributed by atoms with Gasteiger partial charge in [0.2, 0.25) is 0 Å². The lowest BCUT2D eigenvalue weighted by Crippen LogP contribution is -1.84. The van der Waals surface area contributed by atoms with Crippen LogP contribution in [0, 0.1) is 11.3 Å². The summed E-state index contributed by atoms with van der Waals surface area (Å²) < 4.78 is 1.01. The Kier molecular flexibility index (Phi) is 2.02. The van der Waals surface area contributed by atoms with E-state index in [1.165, 1.54) is 11.3 Å². The van der Waals surface area contributed by atoms with Gasteiger partial charge in [-0.25, -0.2) is 0 Å². The van der Waals surface area contributed by atoms with Crippen LogP contribution >= 0.6 is 11.3 Å². The van der Waals surface area contributed by atoms with Crippen molar-refractivity contribution in [3.8, 4) is 11.8 Å². The number of fused-ring (bicyclic) bond motifs is 1. The molecule has 70 valence electrons. The molecular formula is C10H8N2OS. The smallest absolute Gasteiger partial charge is 0.120 e. The van der Waals surface area contributed by atoms with Crippen LogP contribution < -0.4 is 5.73 Å². The number of hydrogen-bond donors (Lipinski definition) is 2. The largest absolute Gasteiger partial charge is 0.508 e. The van der Waals surface area contributed by atoms with E-state index < -0.39 is 0 Å². The van der Waals surface area contributed by atoms with Crippen LogP contribution in [0.25, 0.3) is 10.1 Å². The van der Waals surface area contributed by atoms with Crippen molar-refractivity contribution in [3.05, 3.63) is 23.1 Å². The fourth-order valence-electron chi connectivity index (χ4n) is 1.35. The maximum absolute atomic E-state index is 9.58. The fraction of sp³-hybridized carbons (Fsp3) is 0.100. The van der Waals surface area contributed by atoms with Crippen molar-refractivity contribution in [3.63, 3.8) is 0 Å². The maximum Gasteiger partial charge on any atom is 0.120 e. The third kappa shape index (κ3) is 1.28. The first-order valence-electron chi connectivity index (χ1n) is 4.08. The Balaban J connectivity index is 2.67. The van der Waals surface area contributed by atoms with Crippen LogP contribution in [0.2, 0.25) is 0 Å². The highest BCUT2D eigenvalue weighted by atomic mass is 32.1. The molecule has 0 unspecified atom stereocenters. The lowest BCUT2D eigenvalue weighted by molar-refractivity contribution is 0.471. The Morgan fingerprint density at radius 3 is 3.00 bits per heavy atom. The van der Waals surface area contributed by atoms with Gasteiger partial charge in [-0.05, 0) is 12.1 Å². The molecule has 1 heterocycles. The summed E-state index contributed by atoms with van der Waals surface area (Å²) in [4.78, 5) is 0. The molecule has 3 N–H and O–H groups in total. The number of nitrogen functional groups attached to an aromatic ring is 1. The van der Waals surface area contributed by atoms with Gasteiger partial charge >= 0.3 is 0 Å². The van der Waals surface area contributed by atoms with Crippen LogP contribution in [0.3, 0.4) is 0 Å². The minimum absolute atomic E-state index is 0.143. The average molecular weight is 204 g/mol. The second-order valence-corrected chi connectivity index (χ2v) is 3.91. The molecule has 0 amide bonds. The molecule has 0 atom stereocenters. The summed E-state index contributed by atoms with van der Waals surface area (Å²) in [6.07, 6.45) is 0.222. The monoisotopic (exact) mass is 204 g/mol. The van der Waals surface area contributed by atoms with Gasteiger partial charge in [0.15, 0.2) is 0 Å². The molecule has 2 rings (SSSR count). The zero-order valence-corrected chi connectivity index (χ0v) is 8.14. The average Bonchev–Trinajstić information content (AvgIpc) is 2.50. The molecule has 0 saturated carbocycles. The number of benzene rings is 1. The molecule has 4 heteroatoms. The molecule has 0 bridgehead atoms. The van der Waals surface area contributed by atoms with Gasteiger partial charge in [-0.2, -0.15) is 5.26 Å². The molecule has 1 aromatic carbocycles. The molecule has 0 aliphatic carbocycles. The lowest BCUT2D eigenvalue weighted by atomic mass is 10.1. The van der Waals surface area contributed by atoms with Crippen molar-refractivity contribution in [1.29, 1.82) is 5.26 Å². The highest BCUT2D eigenvalue weighted by Crippen LogP contribution is 2.33. The summed E-state index contributed by atoms with van der Waals surface area (Å²) in [5.74, 6) is 0.143. The molecule has 0 fully saturated rings. The second-order valence-electron chi connectivity index (χ2n) is 3.00. The Morgan fingerprint density at radius 2 is 2.29 bits per heavy atom. The van der Waals surface area contributed by atoms with Crippen LogP contribution in [-0.4, -0.2) is 5.11 Å². The van der Waals surface area contributed by atoms with Crippen molar-refractivity contribution in [1.82, 2.24) is 0 Å². The topological polar surface area (TPSA) is 70.0 Å². The van der Waals surface area contributed by atoms with E-state index in [1.54, 1.807) is 6.07 Å². The number of rotatable bonds is 1. The summed E-state index contributed by atoms with van der Waals surface area (Å²) >= 11 is 1.52. The summed E-state index contributed by atoms with van der Waals surface area (Å²) in [6.45, 7) is 0. The second kappa shape index (κ2) is 3.20. The molecule has 0 radical (unpaired) electrons. The Labute approximate surface area is 85.0 Å². The van der Waals surface area contributed by atoms with E-state index in [4.69, 9.17) is 11.0 Å². The fourth-order valence-corrected chi connectivity index (χ4v) is 2.25. The van der Waals surface area contributed by atoms with E-state index >= 15 is 0 Å². The number of phenols is 1. The van der Waals surface area contributed by atoms with Crippen molar-refractivity contribution < 1.29 is 5.11 Å². The standard InChI is InChI=1S/C10H8N2OS/c11-2-1-6-3-10-7(4-9(6)13)8(12)5-14-10/h3-5,13H,1,12H2. The van der Waals surface area contributed by atoms with E-state index in [2.05, 4.69) is 0 Å². The molecule has 0 aliphatic rings. The number of thiophene rings is 1. The van der Waals surface area contributed by atoms with Crippen molar-refractivity contribution >= 4 is 27.1 Å². The van der Waals surface area contributed by atoms with Crippen LogP contribution in [0.4, 0.5) is 5.69 Å². The SMILES string of the molecule is N#CCc1cc2scc(N)c2cc1O. The van der Waals surface area contributed by atoms with Crippen LogP contribution in [0.1, 0.15) is 5.56 Å². The number of nitriles is 1. The number of aromatic hydroxyl groups is 1. The Hall–Kier alpha value is -1.73. The Morgan fingerprint density at radius 1 is 1.50 bits per heavy atom. The van der Waals surface area contributed by atoms with Crippen molar-refractivity contribution in [2.45, 2.75) is 6.42 Å². The molecule has 2 aromatic rings. The van der Waals surface area contributed by atoms with Gasteiger partial charge in [0, 0.05) is 21.0 Å². The minimum atomic E-state index is 0.143. The van der Waals surface area contributed by atoms with Crippen molar-refractivity contribution in [2.75, 3.05) is 5.73 Å². The van der Waals surface area contributed by atoms with E-state index in [0.717, 1.165) is 10.1 Å². The van der Waals surface area contributed by atoms with E-state index in [1.807, 2.05) is 17.5 Å². The molecule has 1 aromatic heterocycles. The van der Waals surface area contributed by atoms with Gasteiger partial charge in [-0.3, -0.25) is 0 Å². The summed E-state index contributed by atoms with van der Waals surface area (Å²) in [5.41, 5.74) is 7.03. The van der Waals surface area contributed by atoms with E-state index in [9.17, 15) is 5.11 Å². The molecule has 0 spiro atoms. The molecule has 0 saturated heterocycles. The highest BCUT2D eigenvalue weighted by molar-refractivity contribution is 7.17. The van der Waals surface area contributed by atoms with E-state index in [0.29, 0.717) is 11.3 Å². The van der Waals surface area contributed by atoms with Gasteiger partial charge in [-0.1, -0.05) is 0 Å². The first kappa shape index (κ1) is 8.85. The van der Waals surface area contributed by atoms with Crippen LogP contribution in [0.5, 0.6) is 5.75 Å². The quantitative estimate of drug-likeness (QED) is 0.748. The predicted octanol–water partition coefficient (Wildman–Crippen LogP) is 2.26. The maximum atomic E-state index is 9.58. The normalized spacial score (nSPS) is 10.2. The zero-order valence-electron chi connectivity index (χ0n) is 7.32. The predicted molar refractivity (Wildman–Crippen MR) is 57.2 cm³/mol. The highest BCUT2D eigenvalue weighted by Gasteiger charge is 2.06. The third-order valence-corrected chi connectivity index (χ3v) is 3.04. The molecule has 14 heavy (non-hydrogen) atoms. The number of hydrogen-bond acceptors (Lipinski definition) is 4. The van der Waals surface area contributed by atoms with Gasteiger partial charge in [-0.15, -0.1) is 11.3 Å². The number of nitrogens with two attached hydrogens (primary N) is 1. The summed E-state index contributed by atoms with van der Waals surface area (Å²) in [5, 5.41) is 20.8. The third-order valence-electron chi connectivity index (χ3n) is 2.07. The van der Waals surface area contributed by atoms with E-state index in [-0.39, 0.29) is 12.2 Å². The molecule has 3 nitrogen and oxygen atoms in total. The number of anilines is 1. The van der Waals surface area contributed by atoms with Gasteiger partial charge in [0.25, 0.3) is 0 Å². The summed E-state index contributed by atoms with van der Waals surface area (Å²) in [7, 11) is 0. The van der Waals surface area contributed by atoms with Crippen LogP contribution in [0.15, 0.2) is 17.5 Å². The zero-order chi connectivity index (χ0) is 10.1. The lowest BCUT2D eigenvalue weighted by Gasteiger charge is -2.00. The molecular weight excluding hydrogens is 196 g/mol. The number of phenolic OH excluding ortho intramolecular Hbond substituents is 1. The van der Waals surface area contributed by atoms with Gasteiger partial charge in [0.05, 0.1) is 18.2 Å². The van der Waals surface area contributed by atoms with Crippen molar-refractivity contribution in [2.24, 2.45) is 0 Å². The molecule has 0 aliphatic heterocycles. The van der Waals surface area contributed by atoms with Gasteiger partial charge in [0.1, 0.15) is 5.75 Å². The van der Waals surface area contributed by atoms with Gasteiger partial charge < -0.3 is 10.8 Å².